The first kappa shape index (κ1) is 15.8. The van der Waals surface area contributed by atoms with E-state index in [1.54, 1.807) is 6.92 Å². The lowest BCUT2D eigenvalue weighted by Crippen LogP contribution is -2.45. The first-order valence-corrected chi connectivity index (χ1v) is 6.86. The number of hydrogen-bond donors (Lipinski definition) is 3. The normalized spacial score (nSPS) is 21.7. The molecule has 1 heterocycles. The van der Waals surface area contributed by atoms with Crippen molar-refractivity contribution >= 4 is 12.0 Å². The Balaban J connectivity index is 2.10. The van der Waals surface area contributed by atoms with E-state index in [4.69, 9.17) is 9.84 Å². The summed E-state index contributed by atoms with van der Waals surface area (Å²) in [5, 5.41) is 14.5. The summed E-state index contributed by atoms with van der Waals surface area (Å²) in [4.78, 5) is 22.3. The van der Waals surface area contributed by atoms with Gasteiger partial charge in [0, 0.05) is 12.6 Å². The number of carbonyl (C=O) groups excluding carboxylic acids is 1. The molecule has 0 bridgehead atoms. The van der Waals surface area contributed by atoms with Gasteiger partial charge in [-0.3, -0.25) is 4.79 Å². The van der Waals surface area contributed by atoms with Crippen LogP contribution in [0.3, 0.4) is 0 Å². The molecule has 110 valence electrons. The zero-order valence-electron chi connectivity index (χ0n) is 11.6. The highest BCUT2D eigenvalue weighted by atomic mass is 16.5. The third-order valence-corrected chi connectivity index (χ3v) is 3.34. The Bertz CT molecular complexity index is 303. The van der Waals surface area contributed by atoms with Crippen molar-refractivity contribution in [1.29, 1.82) is 0 Å². The van der Waals surface area contributed by atoms with E-state index in [1.807, 2.05) is 6.92 Å². The minimum atomic E-state index is -0.764. The molecule has 0 aromatic rings. The third kappa shape index (κ3) is 6.42. The fraction of sp³-hybridized carbons (Fsp3) is 0.846. The molecule has 6 heteroatoms. The van der Waals surface area contributed by atoms with E-state index in [1.165, 1.54) is 0 Å². The van der Waals surface area contributed by atoms with Crippen LogP contribution < -0.4 is 10.6 Å². The minimum absolute atomic E-state index is 0.0447. The summed E-state index contributed by atoms with van der Waals surface area (Å²) in [6, 6.07) is -0.0168. The second-order valence-corrected chi connectivity index (χ2v) is 5.25. The average molecular weight is 272 g/mol. The first-order chi connectivity index (χ1) is 8.99. The molecule has 0 spiro atoms. The summed E-state index contributed by atoms with van der Waals surface area (Å²) in [7, 11) is 0. The van der Waals surface area contributed by atoms with Gasteiger partial charge in [-0.15, -0.1) is 0 Å². The molecule has 3 unspecified atom stereocenters. The predicted octanol–water partition coefficient (Wildman–Crippen LogP) is 1.35. The molecule has 2 amide bonds. The minimum Gasteiger partial charge on any atom is -0.481 e. The number of aliphatic carboxylic acids is 1. The summed E-state index contributed by atoms with van der Waals surface area (Å²) < 4.78 is 5.18. The highest BCUT2D eigenvalue weighted by molar-refractivity contribution is 5.74. The molecule has 0 aliphatic carbocycles. The molecule has 19 heavy (non-hydrogen) atoms. The van der Waals surface area contributed by atoms with Gasteiger partial charge in [0.1, 0.15) is 0 Å². The Morgan fingerprint density at radius 2 is 2.11 bits per heavy atom. The van der Waals surface area contributed by atoms with Gasteiger partial charge in [-0.1, -0.05) is 13.3 Å². The molecule has 1 fully saturated rings. The van der Waals surface area contributed by atoms with Crippen molar-refractivity contribution in [2.75, 3.05) is 13.2 Å². The molecule has 6 nitrogen and oxygen atoms in total. The van der Waals surface area contributed by atoms with Gasteiger partial charge in [-0.05, 0) is 26.2 Å². The first-order valence-electron chi connectivity index (χ1n) is 6.86. The van der Waals surface area contributed by atoms with Crippen LogP contribution in [0.25, 0.3) is 0 Å². The molecule has 0 saturated carbocycles. The van der Waals surface area contributed by atoms with Crippen molar-refractivity contribution in [3.05, 3.63) is 0 Å². The third-order valence-electron chi connectivity index (χ3n) is 3.34. The molecule has 3 atom stereocenters. The van der Waals surface area contributed by atoms with Crippen LogP contribution >= 0.6 is 0 Å². The number of amides is 2. The number of rotatable bonds is 7. The van der Waals surface area contributed by atoms with E-state index in [9.17, 15) is 9.59 Å². The van der Waals surface area contributed by atoms with Crippen molar-refractivity contribution in [3.63, 3.8) is 0 Å². The van der Waals surface area contributed by atoms with Gasteiger partial charge in [0.25, 0.3) is 0 Å². The topological polar surface area (TPSA) is 87.7 Å². The van der Waals surface area contributed by atoms with Gasteiger partial charge in [-0.2, -0.15) is 0 Å². The highest BCUT2D eigenvalue weighted by Gasteiger charge is 2.18. The molecule has 1 aliphatic heterocycles. The molecule has 1 aliphatic rings. The Labute approximate surface area is 113 Å². The van der Waals surface area contributed by atoms with Crippen molar-refractivity contribution in [1.82, 2.24) is 10.6 Å². The maximum Gasteiger partial charge on any atom is 0.315 e. The Morgan fingerprint density at radius 3 is 2.68 bits per heavy atom. The van der Waals surface area contributed by atoms with Crippen LogP contribution in [0.2, 0.25) is 0 Å². The Kier molecular flexibility index (Phi) is 6.62. The van der Waals surface area contributed by atoms with Crippen LogP contribution in [0.15, 0.2) is 0 Å². The number of urea groups is 1. The molecular weight excluding hydrogens is 248 g/mol. The standard InChI is InChI=1S/C13H24N2O4/c1-9(12(16)17)4-3-5-10(2)14-13(18)15-11-6-7-19-8-11/h9-11H,3-8H2,1-2H3,(H,16,17)(H2,14,15,18). The van der Waals surface area contributed by atoms with E-state index in [0.717, 1.165) is 19.3 Å². The lowest BCUT2D eigenvalue weighted by molar-refractivity contribution is -0.141. The smallest absolute Gasteiger partial charge is 0.315 e. The van der Waals surface area contributed by atoms with Crippen LogP contribution in [0.5, 0.6) is 0 Å². The number of carbonyl (C=O) groups is 2. The summed E-state index contributed by atoms with van der Waals surface area (Å²) in [6.45, 7) is 4.91. The van der Waals surface area contributed by atoms with Gasteiger partial charge in [0.15, 0.2) is 0 Å². The number of ether oxygens (including phenoxy) is 1. The maximum absolute atomic E-state index is 11.6. The Morgan fingerprint density at radius 1 is 1.37 bits per heavy atom. The highest BCUT2D eigenvalue weighted by Crippen LogP contribution is 2.09. The fourth-order valence-electron chi connectivity index (χ4n) is 2.03. The largest absolute Gasteiger partial charge is 0.481 e. The molecule has 3 N–H and O–H groups in total. The fourth-order valence-corrected chi connectivity index (χ4v) is 2.03. The zero-order valence-corrected chi connectivity index (χ0v) is 11.6. The van der Waals surface area contributed by atoms with Crippen LogP contribution in [0.1, 0.15) is 39.5 Å². The number of carboxylic acid groups (broad SMARTS) is 1. The predicted molar refractivity (Wildman–Crippen MR) is 71.0 cm³/mol. The van der Waals surface area contributed by atoms with Crippen molar-refractivity contribution in [2.45, 2.75) is 51.6 Å². The second-order valence-electron chi connectivity index (χ2n) is 5.25. The number of hydrogen-bond acceptors (Lipinski definition) is 3. The van der Waals surface area contributed by atoms with E-state index in [2.05, 4.69) is 10.6 Å². The van der Waals surface area contributed by atoms with E-state index in [0.29, 0.717) is 19.6 Å². The maximum atomic E-state index is 11.6. The SMILES string of the molecule is CC(CCCC(C)C(=O)O)NC(=O)NC1CCOC1. The second kappa shape index (κ2) is 7.99. The molecule has 0 radical (unpaired) electrons. The number of nitrogens with one attached hydrogen (secondary N) is 2. The lowest BCUT2D eigenvalue weighted by Gasteiger charge is -2.17. The van der Waals surface area contributed by atoms with Gasteiger partial charge in [-0.25, -0.2) is 4.79 Å². The lowest BCUT2D eigenvalue weighted by atomic mass is 10.0. The Hall–Kier alpha value is -1.30. The van der Waals surface area contributed by atoms with Gasteiger partial charge < -0.3 is 20.5 Å². The van der Waals surface area contributed by atoms with E-state index >= 15 is 0 Å². The van der Waals surface area contributed by atoms with Crippen LogP contribution in [-0.4, -0.2) is 42.4 Å². The number of carboxylic acids is 1. The monoisotopic (exact) mass is 272 g/mol. The van der Waals surface area contributed by atoms with Gasteiger partial charge in [0.05, 0.1) is 18.6 Å². The summed E-state index contributed by atoms with van der Waals surface area (Å²) in [5.74, 6) is -1.09. The molecular formula is C13H24N2O4. The molecule has 1 rings (SSSR count). The van der Waals surface area contributed by atoms with Crippen LogP contribution in [0.4, 0.5) is 4.79 Å². The van der Waals surface area contributed by atoms with E-state index in [-0.39, 0.29) is 24.0 Å². The van der Waals surface area contributed by atoms with Crippen molar-refractivity contribution in [3.8, 4) is 0 Å². The van der Waals surface area contributed by atoms with Crippen molar-refractivity contribution in [2.24, 2.45) is 5.92 Å². The zero-order chi connectivity index (χ0) is 14.3. The van der Waals surface area contributed by atoms with Gasteiger partial charge in [0.2, 0.25) is 0 Å². The van der Waals surface area contributed by atoms with Crippen LogP contribution in [0, 0.1) is 5.92 Å². The molecule has 0 aromatic heterocycles. The van der Waals surface area contributed by atoms with Gasteiger partial charge >= 0.3 is 12.0 Å². The van der Waals surface area contributed by atoms with E-state index < -0.39 is 5.97 Å². The average Bonchev–Trinajstić information content (AvgIpc) is 2.81. The summed E-state index contributed by atoms with van der Waals surface area (Å²) in [5.41, 5.74) is 0. The molecule has 1 saturated heterocycles. The molecule has 0 aromatic carbocycles. The summed E-state index contributed by atoms with van der Waals surface area (Å²) in [6.07, 6.45) is 3.07. The summed E-state index contributed by atoms with van der Waals surface area (Å²) >= 11 is 0. The van der Waals surface area contributed by atoms with Crippen LogP contribution in [-0.2, 0) is 9.53 Å². The quantitative estimate of drug-likeness (QED) is 0.653. The van der Waals surface area contributed by atoms with Crippen molar-refractivity contribution < 1.29 is 19.4 Å².